The summed E-state index contributed by atoms with van der Waals surface area (Å²) < 4.78 is 16.8. The lowest BCUT2D eigenvalue weighted by atomic mass is 10.1. The number of carbonyl (C=O) groups excluding carboxylic acids is 1. The van der Waals surface area contributed by atoms with E-state index in [4.69, 9.17) is 0 Å². The standard InChI is InChI=1S/C22H21FN4O4S/c23-16-9-14-17(27(13-1-2-13)11-15(20(14)29)22(30)31)10-18(16)26-6-4-25(5-7-26)12-19(28)21-24-3-8-32-21/h3,8-11,13H,1-2,4-7,12H2,(H,30,31). The molecule has 0 radical (unpaired) electrons. The SMILES string of the molecule is O=C(CN1CCN(c2cc3c(cc2F)c(=O)c(C(=O)O)cn3C2CC2)CC1)c1nccs1. The molecule has 1 aliphatic carbocycles. The Bertz CT molecular complexity index is 1260. The normalized spacial score (nSPS) is 17.1. The van der Waals surface area contributed by atoms with Crippen molar-refractivity contribution < 1.29 is 19.1 Å². The second kappa shape index (κ2) is 8.10. The van der Waals surface area contributed by atoms with Gasteiger partial charge in [-0.1, -0.05) is 0 Å². The number of rotatable bonds is 6. The van der Waals surface area contributed by atoms with Gasteiger partial charge in [-0.05, 0) is 25.0 Å². The number of fused-ring (bicyclic) bond motifs is 1. The van der Waals surface area contributed by atoms with Gasteiger partial charge in [0, 0.05) is 55.4 Å². The Morgan fingerprint density at radius 2 is 1.94 bits per heavy atom. The molecule has 0 amide bonds. The van der Waals surface area contributed by atoms with Crippen molar-refractivity contribution in [3.63, 3.8) is 0 Å². The van der Waals surface area contributed by atoms with Crippen molar-refractivity contribution in [2.45, 2.75) is 18.9 Å². The molecule has 1 N–H and O–H groups in total. The number of piperazine rings is 1. The van der Waals surface area contributed by atoms with Gasteiger partial charge in [0.1, 0.15) is 11.4 Å². The molecule has 1 aliphatic heterocycles. The van der Waals surface area contributed by atoms with E-state index in [0.717, 1.165) is 18.9 Å². The Labute approximate surface area is 186 Å². The van der Waals surface area contributed by atoms with E-state index in [-0.39, 0.29) is 29.3 Å². The Balaban J connectivity index is 1.40. The number of ketones is 1. The number of aromatic nitrogens is 2. The van der Waals surface area contributed by atoms with Crippen LogP contribution in [0.4, 0.5) is 10.1 Å². The number of aromatic carboxylic acids is 1. The van der Waals surface area contributed by atoms with Gasteiger partial charge in [-0.15, -0.1) is 11.3 Å². The van der Waals surface area contributed by atoms with Gasteiger partial charge in [0.25, 0.3) is 0 Å². The molecule has 0 unspecified atom stereocenters. The molecule has 2 aromatic heterocycles. The second-order valence-corrected chi connectivity index (χ2v) is 9.05. The van der Waals surface area contributed by atoms with Gasteiger partial charge in [0.15, 0.2) is 5.01 Å². The summed E-state index contributed by atoms with van der Waals surface area (Å²) in [6, 6.07) is 2.95. The van der Waals surface area contributed by atoms with Gasteiger partial charge in [0.2, 0.25) is 11.2 Å². The Kier molecular flexibility index (Phi) is 5.26. The third kappa shape index (κ3) is 3.80. The minimum Gasteiger partial charge on any atom is -0.477 e. The van der Waals surface area contributed by atoms with E-state index >= 15 is 4.39 Å². The molecule has 3 aromatic rings. The van der Waals surface area contributed by atoms with Crippen LogP contribution in [-0.4, -0.2) is 64.0 Å². The minimum atomic E-state index is -1.31. The lowest BCUT2D eigenvalue weighted by molar-refractivity contribution is 0.0694. The van der Waals surface area contributed by atoms with Crippen molar-refractivity contribution in [2.75, 3.05) is 37.6 Å². The van der Waals surface area contributed by atoms with Crippen LogP contribution in [0.15, 0.2) is 34.7 Å². The summed E-state index contributed by atoms with van der Waals surface area (Å²) in [5, 5.41) is 11.7. The molecule has 5 rings (SSSR count). The fraction of sp³-hybridized carbons (Fsp3) is 0.364. The summed E-state index contributed by atoms with van der Waals surface area (Å²) in [6.07, 6.45) is 4.79. The summed E-state index contributed by atoms with van der Waals surface area (Å²) in [5.41, 5.74) is -0.0593. The van der Waals surface area contributed by atoms with E-state index in [2.05, 4.69) is 4.98 Å². The number of Topliss-reactive ketones (excluding diaryl/α,β-unsaturated/α-hetero) is 1. The lowest BCUT2D eigenvalue weighted by Crippen LogP contribution is -2.48. The summed E-state index contributed by atoms with van der Waals surface area (Å²) in [4.78, 5) is 44.4. The molecule has 0 spiro atoms. The molecular formula is C22H21FN4O4S. The molecule has 1 aromatic carbocycles. The molecule has 2 fully saturated rings. The van der Waals surface area contributed by atoms with Crippen molar-refractivity contribution in [3.8, 4) is 0 Å². The van der Waals surface area contributed by atoms with Crippen molar-refractivity contribution in [3.05, 3.63) is 56.5 Å². The number of nitrogens with zero attached hydrogens (tertiary/aromatic N) is 4. The van der Waals surface area contributed by atoms with Crippen LogP contribution in [0.25, 0.3) is 10.9 Å². The predicted octanol–water partition coefficient (Wildman–Crippen LogP) is 2.64. The maximum atomic E-state index is 15.0. The highest BCUT2D eigenvalue weighted by Crippen LogP contribution is 2.38. The fourth-order valence-corrected chi connectivity index (χ4v) is 4.76. The topological polar surface area (TPSA) is 95.7 Å². The number of benzene rings is 1. The van der Waals surface area contributed by atoms with Gasteiger partial charge in [-0.2, -0.15) is 0 Å². The third-order valence-corrected chi connectivity index (χ3v) is 6.84. The average molecular weight is 456 g/mol. The largest absolute Gasteiger partial charge is 0.477 e. The number of halogens is 1. The Hall–Kier alpha value is -3.11. The number of carboxylic acids is 1. The zero-order chi connectivity index (χ0) is 22.4. The number of carboxylic acid groups (broad SMARTS) is 1. The minimum absolute atomic E-state index is 0.0204. The van der Waals surface area contributed by atoms with E-state index in [9.17, 15) is 19.5 Å². The van der Waals surface area contributed by atoms with Crippen molar-refractivity contribution in [2.24, 2.45) is 0 Å². The summed E-state index contributed by atoms with van der Waals surface area (Å²) >= 11 is 1.32. The summed E-state index contributed by atoms with van der Waals surface area (Å²) in [7, 11) is 0. The van der Waals surface area contributed by atoms with Crippen LogP contribution in [0.5, 0.6) is 0 Å². The molecule has 0 bridgehead atoms. The first-order valence-corrected chi connectivity index (χ1v) is 11.3. The molecule has 1 saturated heterocycles. The van der Waals surface area contributed by atoms with Crippen LogP contribution >= 0.6 is 11.3 Å². The van der Waals surface area contributed by atoms with E-state index in [1.807, 2.05) is 9.80 Å². The van der Waals surface area contributed by atoms with Gasteiger partial charge < -0.3 is 14.6 Å². The quantitative estimate of drug-likeness (QED) is 0.570. The number of carbonyl (C=O) groups is 2. The van der Waals surface area contributed by atoms with Crippen molar-refractivity contribution in [1.29, 1.82) is 0 Å². The van der Waals surface area contributed by atoms with Gasteiger partial charge in [-0.3, -0.25) is 14.5 Å². The molecule has 1 saturated carbocycles. The number of thiazole rings is 1. The Morgan fingerprint density at radius 1 is 1.19 bits per heavy atom. The monoisotopic (exact) mass is 456 g/mol. The van der Waals surface area contributed by atoms with Crippen LogP contribution in [0, 0.1) is 5.82 Å². The number of anilines is 1. The first-order valence-electron chi connectivity index (χ1n) is 10.4. The number of pyridine rings is 1. The summed E-state index contributed by atoms with van der Waals surface area (Å²) in [5.74, 6) is -1.88. The van der Waals surface area contributed by atoms with Crippen LogP contribution in [-0.2, 0) is 0 Å². The van der Waals surface area contributed by atoms with Crippen LogP contribution in [0.1, 0.15) is 39.0 Å². The second-order valence-electron chi connectivity index (χ2n) is 8.16. The highest BCUT2D eigenvalue weighted by molar-refractivity contribution is 7.11. The molecule has 0 atom stereocenters. The third-order valence-electron chi connectivity index (χ3n) is 6.02. The van der Waals surface area contributed by atoms with E-state index in [1.165, 1.54) is 17.5 Å². The molecule has 8 nitrogen and oxygen atoms in total. The first-order chi connectivity index (χ1) is 15.4. The fourth-order valence-electron chi connectivity index (χ4n) is 4.19. The highest BCUT2D eigenvalue weighted by atomic mass is 32.1. The number of hydrogen-bond donors (Lipinski definition) is 1. The molecule has 32 heavy (non-hydrogen) atoms. The maximum Gasteiger partial charge on any atom is 0.341 e. The van der Waals surface area contributed by atoms with Crippen molar-refractivity contribution in [1.82, 2.24) is 14.5 Å². The molecule has 3 heterocycles. The number of hydrogen-bond acceptors (Lipinski definition) is 7. The predicted molar refractivity (Wildman–Crippen MR) is 118 cm³/mol. The zero-order valence-electron chi connectivity index (χ0n) is 17.2. The zero-order valence-corrected chi connectivity index (χ0v) is 18.0. The van der Waals surface area contributed by atoms with Crippen LogP contribution < -0.4 is 10.3 Å². The molecular weight excluding hydrogens is 435 g/mol. The first kappa shape index (κ1) is 20.8. The van der Waals surface area contributed by atoms with Crippen LogP contribution in [0.3, 0.4) is 0 Å². The molecule has 10 heteroatoms. The lowest BCUT2D eigenvalue weighted by Gasteiger charge is -2.36. The smallest absolute Gasteiger partial charge is 0.341 e. The molecule has 2 aliphatic rings. The Morgan fingerprint density at radius 3 is 2.56 bits per heavy atom. The summed E-state index contributed by atoms with van der Waals surface area (Å²) in [6.45, 7) is 2.55. The highest BCUT2D eigenvalue weighted by Gasteiger charge is 2.29. The average Bonchev–Trinajstić information content (AvgIpc) is 3.46. The van der Waals surface area contributed by atoms with E-state index in [1.54, 1.807) is 22.2 Å². The van der Waals surface area contributed by atoms with E-state index < -0.39 is 17.2 Å². The van der Waals surface area contributed by atoms with Gasteiger partial charge >= 0.3 is 5.97 Å². The van der Waals surface area contributed by atoms with Crippen LogP contribution in [0.2, 0.25) is 0 Å². The van der Waals surface area contributed by atoms with Crippen molar-refractivity contribution >= 4 is 39.7 Å². The van der Waals surface area contributed by atoms with Gasteiger partial charge in [-0.25, -0.2) is 14.2 Å². The van der Waals surface area contributed by atoms with E-state index in [0.29, 0.717) is 42.4 Å². The molecule has 166 valence electrons. The van der Waals surface area contributed by atoms with Gasteiger partial charge in [0.05, 0.1) is 17.7 Å². The maximum absolute atomic E-state index is 15.0.